The van der Waals surface area contributed by atoms with Crippen LogP contribution in [0.15, 0.2) is 0 Å². The van der Waals surface area contributed by atoms with Crippen LogP contribution in [0.3, 0.4) is 0 Å². The van der Waals surface area contributed by atoms with Gasteiger partial charge >= 0.3 is 0 Å². The zero-order valence-electron chi connectivity index (χ0n) is 6.38. The lowest BCUT2D eigenvalue weighted by Crippen LogP contribution is -2.42. The minimum atomic E-state index is -0.154. The molecule has 1 saturated heterocycles. The molecule has 60 valence electrons. The van der Waals surface area contributed by atoms with Gasteiger partial charge in [-0.3, -0.25) is 0 Å². The third-order valence-electron chi connectivity index (χ3n) is 1.64. The van der Waals surface area contributed by atoms with E-state index in [1.165, 1.54) is 0 Å². The Morgan fingerprint density at radius 3 is 3.10 bits per heavy atom. The van der Waals surface area contributed by atoms with Gasteiger partial charge in [0.15, 0.2) is 6.29 Å². The second kappa shape index (κ2) is 3.91. The number of ether oxygens (including phenoxy) is 2. The molecule has 0 aromatic carbocycles. The maximum absolute atomic E-state index is 5.72. The van der Waals surface area contributed by atoms with E-state index in [1.54, 1.807) is 0 Å². The number of hydrogen-bond donors (Lipinski definition) is 1. The van der Waals surface area contributed by atoms with Gasteiger partial charge < -0.3 is 15.2 Å². The molecular formula is C7H15NO2. The summed E-state index contributed by atoms with van der Waals surface area (Å²) in [6, 6.07) is 0.0775. The Kier molecular flexibility index (Phi) is 3.12. The van der Waals surface area contributed by atoms with E-state index in [9.17, 15) is 0 Å². The van der Waals surface area contributed by atoms with E-state index in [0.29, 0.717) is 6.61 Å². The number of nitrogens with two attached hydrogens (primary N) is 1. The SMILES string of the molecule is CCOC1OCCCC1N. The summed E-state index contributed by atoms with van der Waals surface area (Å²) < 4.78 is 10.5. The molecule has 0 amide bonds. The predicted molar refractivity (Wildman–Crippen MR) is 38.6 cm³/mol. The summed E-state index contributed by atoms with van der Waals surface area (Å²) in [7, 11) is 0. The first-order valence-electron chi connectivity index (χ1n) is 3.83. The van der Waals surface area contributed by atoms with E-state index in [0.717, 1.165) is 19.4 Å². The minimum absolute atomic E-state index is 0.0775. The molecule has 2 N–H and O–H groups in total. The summed E-state index contributed by atoms with van der Waals surface area (Å²) in [6.45, 7) is 3.42. The van der Waals surface area contributed by atoms with Gasteiger partial charge in [0, 0.05) is 13.2 Å². The number of hydrogen-bond acceptors (Lipinski definition) is 3. The van der Waals surface area contributed by atoms with Crippen LogP contribution in [0.4, 0.5) is 0 Å². The van der Waals surface area contributed by atoms with Crippen molar-refractivity contribution in [3.8, 4) is 0 Å². The Balaban J connectivity index is 2.25. The van der Waals surface area contributed by atoms with E-state index < -0.39 is 0 Å². The topological polar surface area (TPSA) is 44.5 Å². The van der Waals surface area contributed by atoms with Crippen molar-refractivity contribution in [1.82, 2.24) is 0 Å². The molecule has 2 atom stereocenters. The van der Waals surface area contributed by atoms with Crippen molar-refractivity contribution >= 4 is 0 Å². The van der Waals surface area contributed by atoms with Gasteiger partial charge in [0.2, 0.25) is 0 Å². The zero-order valence-corrected chi connectivity index (χ0v) is 6.38. The Bertz CT molecular complexity index is 95.6. The van der Waals surface area contributed by atoms with Crippen LogP contribution in [-0.4, -0.2) is 25.5 Å². The van der Waals surface area contributed by atoms with Crippen molar-refractivity contribution in [1.29, 1.82) is 0 Å². The Labute approximate surface area is 61.5 Å². The standard InChI is InChI=1S/C7H15NO2/c1-2-9-7-6(8)4-3-5-10-7/h6-7H,2-5,8H2,1H3. The third kappa shape index (κ3) is 1.94. The van der Waals surface area contributed by atoms with Gasteiger partial charge in [0.25, 0.3) is 0 Å². The second-order valence-electron chi connectivity index (χ2n) is 2.50. The van der Waals surface area contributed by atoms with Crippen LogP contribution in [0.2, 0.25) is 0 Å². The van der Waals surface area contributed by atoms with Crippen LogP contribution >= 0.6 is 0 Å². The van der Waals surface area contributed by atoms with Crippen molar-refractivity contribution in [3.63, 3.8) is 0 Å². The Morgan fingerprint density at radius 2 is 2.50 bits per heavy atom. The lowest BCUT2D eigenvalue weighted by molar-refractivity contribution is -0.169. The fourth-order valence-corrected chi connectivity index (χ4v) is 1.11. The van der Waals surface area contributed by atoms with Crippen LogP contribution < -0.4 is 5.73 Å². The summed E-state index contributed by atoms with van der Waals surface area (Å²) in [4.78, 5) is 0. The van der Waals surface area contributed by atoms with Crippen molar-refractivity contribution in [3.05, 3.63) is 0 Å². The monoisotopic (exact) mass is 145 g/mol. The van der Waals surface area contributed by atoms with Crippen molar-refractivity contribution in [2.45, 2.75) is 32.1 Å². The fraction of sp³-hybridized carbons (Fsp3) is 1.00. The second-order valence-corrected chi connectivity index (χ2v) is 2.50. The quantitative estimate of drug-likeness (QED) is 0.615. The summed E-state index contributed by atoms with van der Waals surface area (Å²) in [5, 5.41) is 0. The maximum atomic E-state index is 5.72. The van der Waals surface area contributed by atoms with Gasteiger partial charge in [-0.25, -0.2) is 0 Å². The van der Waals surface area contributed by atoms with Crippen LogP contribution in [0.1, 0.15) is 19.8 Å². The first-order valence-corrected chi connectivity index (χ1v) is 3.83. The molecule has 3 nitrogen and oxygen atoms in total. The van der Waals surface area contributed by atoms with E-state index in [4.69, 9.17) is 15.2 Å². The lowest BCUT2D eigenvalue weighted by atomic mass is 10.1. The normalized spacial score (nSPS) is 34.2. The molecular weight excluding hydrogens is 130 g/mol. The first-order chi connectivity index (χ1) is 4.84. The van der Waals surface area contributed by atoms with Crippen LogP contribution in [0.5, 0.6) is 0 Å². The molecule has 0 aromatic rings. The molecule has 3 heteroatoms. The largest absolute Gasteiger partial charge is 0.351 e. The molecule has 2 unspecified atom stereocenters. The molecule has 1 aliphatic heterocycles. The molecule has 10 heavy (non-hydrogen) atoms. The van der Waals surface area contributed by atoms with Crippen LogP contribution in [-0.2, 0) is 9.47 Å². The molecule has 1 fully saturated rings. The highest BCUT2D eigenvalue weighted by molar-refractivity contribution is 4.69. The van der Waals surface area contributed by atoms with Crippen LogP contribution in [0, 0.1) is 0 Å². The first kappa shape index (κ1) is 7.98. The third-order valence-corrected chi connectivity index (χ3v) is 1.64. The molecule has 0 bridgehead atoms. The van der Waals surface area contributed by atoms with Gasteiger partial charge in [-0.2, -0.15) is 0 Å². The predicted octanol–water partition coefficient (Wildman–Crippen LogP) is 0.487. The van der Waals surface area contributed by atoms with Gasteiger partial charge in [0.1, 0.15) is 0 Å². The summed E-state index contributed by atoms with van der Waals surface area (Å²) in [6.07, 6.45) is 1.92. The molecule has 0 aliphatic carbocycles. The van der Waals surface area contributed by atoms with E-state index in [-0.39, 0.29) is 12.3 Å². The minimum Gasteiger partial charge on any atom is -0.351 e. The van der Waals surface area contributed by atoms with Crippen molar-refractivity contribution < 1.29 is 9.47 Å². The van der Waals surface area contributed by atoms with Crippen LogP contribution in [0.25, 0.3) is 0 Å². The van der Waals surface area contributed by atoms with E-state index in [1.807, 2.05) is 6.92 Å². The van der Waals surface area contributed by atoms with Gasteiger partial charge in [-0.15, -0.1) is 0 Å². The maximum Gasteiger partial charge on any atom is 0.172 e. The molecule has 1 heterocycles. The number of rotatable bonds is 2. The Hall–Kier alpha value is -0.120. The average molecular weight is 145 g/mol. The summed E-state index contributed by atoms with van der Waals surface area (Å²) >= 11 is 0. The van der Waals surface area contributed by atoms with E-state index in [2.05, 4.69) is 0 Å². The smallest absolute Gasteiger partial charge is 0.172 e. The van der Waals surface area contributed by atoms with Gasteiger partial charge in [-0.05, 0) is 19.8 Å². The highest BCUT2D eigenvalue weighted by Gasteiger charge is 2.21. The van der Waals surface area contributed by atoms with Crippen molar-refractivity contribution in [2.75, 3.05) is 13.2 Å². The molecule has 1 aliphatic rings. The molecule has 0 aromatic heterocycles. The zero-order chi connectivity index (χ0) is 7.40. The summed E-state index contributed by atoms with van der Waals surface area (Å²) in [5.41, 5.74) is 5.72. The van der Waals surface area contributed by atoms with Crippen molar-refractivity contribution in [2.24, 2.45) is 5.73 Å². The van der Waals surface area contributed by atoms with E-state index >= 15 is 0 Å². The molecule has 1 rings (SSSR count). The Morgan fingerprint density at radius 1 is 1.70 bits per heavy atom. The fourth-order valence-electron chi connectivity index (χ4n) is 1.11. The van der Waals surface area contributed by atoms with Gasteiger partial charge in [-0.1, -0.05) is 0 Å². The highest BCUT2D eigenvalue weighted by Crippen LogP contribution is 2.12. The highest BCUT2D eigenvalue weighted by atomic mass is 16.7. The molecule has 0 radical (unpaired) electrons. The average Bonchev–Trinajstić information content (AvgIpc) is 1.94. The molecule has 0 spiro atoms. The summed E-state index contributed by atoms with van der Waals surface area (Å²) in [5.74, 6) is 0. The van der Waals surface area contributed by atoms with Gasteiger partial charge in [0.05, 0.1) is 6.04 Å². The molecule has 0 saturated carbocycles. The lowest BCUT2D eigenvalue weighted by Gasteiger charge is -2.28.